The van der Waals surface area contributed by atoms with Crippen LogP contribution in [0.3, 0.4) is 0 Å². The van der Waals surface area contributed by atoms with E-state index in [4.69, 9.17) is 11.6 Å². The van der Waals surface area contributed by atoms with Crippen molar-refractivity contribution in [2.45, 2.75) is 25.1 Å². The third-order valence-corrected chi connectivity index (χ3v) is 4.94. The molecule has 132 valence electrons. The van der Waals surface area contributed by atoms with Crippen molar-refractivity contribution in [1.82, 2.24) is 9.80 Å². The lowest BCUT2D eigenvalue weighted by Crippen LogP contribution is -2.51. The highest BCUT2D eigenvalue weighted by Gasteiger charge is 2.32. The Labute approximate surface area is 143 Å². The third-order valence-electron chi connectivity index (χ3n) is 4.61. The van der Waals surface area contributed by atoms with Gasteiger partial charge < -0.3 is 5.32 Å². The molecule has 0 aromatic heterocycles. The van der Waals surface area contributed by atoms with E-state index in [-0.39, 0.29) is 23.2 Å². The van der Waals surface area contributed by atoms with Crippen LogP contribution in [0.15, 0.2) is 18.2 Å². The molecule has 1 aromatic carbocycles. The van der Waals surface area contributed by atoms with Crippen LogP contribution in [0, 0.1) is 0 Å². The molecule has 0 radical (unpaired) electrons. The molecule has 1 aromatic rings. The quantitative estimate of drug-likeness (QED) is 0.898. The number of hydrogen-bond acceptors (Lipinski definition) is 3. The first-order chi connectivity index (χ1) is 11.3. The number of nitrogens with zero attached hydrogens (tertiary/aromatic N) is 2. The number of halogens is 4. The van der Waals surface area contributed by atoms with Gasteiger partial charge in [0, 0.05) is 25.7 Å². The summed E-state index contributed by atoms with van der Waals surface area (Å²) >= 11 is 5.90. The maximum atomic E-state index is 12.8. The average Bonchev–Trinajstić information content (AvgIpc) is 2.96. The second kappa shape index (κ2) is 6.90. The second-order valence-corrected chi connectivity index (χ2v) is 6.71. The number of fused-ring (bicyclic) bond motifs is 1. The number of piperazine rings is 1. The maximum absolute atomic E-state index is 12.8. The third kappa shape index (κ3) is 4.02. The Bertz CT molecular complexity index is 623. The van der Waals surface area contributed by atoms with Crippen molar-refractivity contribution in [1.29, 1.82) is 0 Å². The molecule has 2 aliphatic heterocycles. The van der Waals surface area contributed by atoms with Crippen molar-refractivity contribution < 1.29 is 18.0 Å². The lowest BCUT2D eigenvalue weighted by Gasteiger charge is -2.37. The minimum Gasteiger partial charge on any atom is -0.324 e. The molecule has 1 atom stereocenters. The molecule has 0 spiro atoms. The van der Waals surface area contributed by atoms with Crippen LogP contribution in [-0.4, -0.2) is 54.5 Å². The van der Waals surface area contributed by atoms with Gasteiger partial charge in [0.2, 0.25) is 5.91 Å². The van der Waals surface area contributed by atoms with Crippen LogP contribution in [-0.2, 0) is 11.0 Å². The molecule has 0 aliphatic carbocycles. The Hall–Kier alpha value is -1.31. The predicted molar refractivity (Wildman–Crippen MR) is 86.1 cm³/mol. The molecule has 8 heteroatoms. The van der Waals surface area contributed by atoms with Gasteiger partial charge >= 0.3 is 6.18 Å². The number of carbonyl (C=O) groups excluding carboxylic acids is 1. The van der Waals surface area contributed by atoms with E-state index < -0.39 is 11.7 Å². The van der Waals surface area contributed by atoms with Gasteiger partial charge in [0.15, 0.2) is 0 Å². The molecule has 2 aliphatic rings. The van der Waals surface area contributed by atoms with E-state index >= 15 is 0 Å². The van der Waals surface area contributed by atoms with Gasteiger partial charge in [0.25, 0.3) is 0 Å². The van der Waals surface area contributed by atoms with Gasteiger partial charge in [-0.05, 0) is 37.6 Å². The first-order valence-electron chi connectivity index (χ1n) is 7.96. The number of hydrogen-bond donors (Lipinski definition) is 1. The molecule has 4 nitrogen and oxygen atoms in total. The monoisotopic (exact) mass is 361 g/mol. The molecule has 3 rings (SSSR count). The number of carbonyl (C=O) groups is 1. The second-order valence-electron chi connectivity index (χ2n) is 6.31. The summed E-state index contributed by atoms with van der Waals surface area (Å²) in [6.07, 6.45) is -2.15. The molecule has 1 amide bonds. The van der Waals surface area contributed by atoms with Crippen LogP contribution in [0.1, 0.15) is 18.4 Å². The topological polar surface area (TPSA) is 35.6 Å². The van der Waals surface area contributed by atoms with Crippen LogP contribution < -0.4 is 5.32 Å². The molecule has 0 saturated carbocycles. The number of amides is 1. The van der Waals surface area contributed by atoms with Crippen molar-refractivity contribution in [2.24, 2.45) is 0 Å². The van der Waals surface area contributed by atoms with E-state index in [1.54, 1.807) is 0 Å². The lowest BCUT2D eigenvalue weighted by atomic mass is 10.1. The number of benzene rings is 1. The Kier molecular flexibility index (Phi) is 5.03. The molecule has 2 heterocycles. The van der Waals surface area contributed by atoms with Gasteiger partial charge in [-0.1, -0.05) is 11.6 Å². The fourth-order valence-electron chi connectivity index (χ4n) is 3.39. The van der Waals surface area contributed by atoms with Crippen LogP contribution in [0.4, 0.5) is 18.9 Å². The summed E-state index contributed by atoms with van der Waals surface area (Å²) in [5.74, 6) is -0.345. The summed E-state index contributed by atoms with van der Waals surface area (Å²) < 4.78 is 38.3. The van der Waals surface area contributed by atoms with E-state index in [1.807, 2.05) is 4.90 Å². The van der Waals surface area contributed by atoms with Crippen LogP contribution in [0.25, 0.3) is 0 Å². The zero-order chi connectivity index (χ0) is 17.3. The molecule has 24 heavy (non-hydrogen) atoms. The summed E-state index contributed by atoms with van der Waals surface area (Å²) in [6, 6.07) is 3.41. The zero-order valence-corrected chi connectivity index (χ0v) is 13.8. The summed E-state index contributed by atoms with van der Waals surface area (Å²) in [7, 11) is 0. The highest BCUT2D eigenvalue weighted by molar-refractivity contribution is 6.33. The number of alkyl halides is 3. The largest absolute Gasteiger partial charge is 0.416 e. The minimum atomic E-state index is -4.47. The molecule has 2 fully saturated rings. The standard InChI is InChI=1S/C16H19ClF3N3O/c17-13-4-3-11(16(18,19)20)8-14(13)21-15(24)10-22-6-7-23-5-1-2-12(23)9-22/h3-4,8,12H,1-2,5-7,9-10H2,(H,21,24). The maximum Gasteiger partial charge on any atom is 0.416 e. The van der Waals surface area contributed by atoms with E-state index in [0.717, 1.165) is 50.8 Å². The molecule has 1 unspecified atom stereocenters. The normalized spacial score (nSPS) is 22.4. The van der Waals surface area contributed by atoms with Gasteiger partial charge in [-0.2, -0.15) is 13.2 Å². The lowest BCUT2D eigenvalue weighted by molar-refractivity contribution is -0.137. The number of anilines is 1. The molecular formula is C16H19ClF3N3O. The predicted octanol–water partition coefficient (Wildman–Crippen LogP) is 3.08. The first kappa shape index (κ1) is 17.5. The Morgan fingerprint density at radius 1 is 1.29 bits per heavy atom. The number of nitrogens with one attached hydrogen (secondary N) is 1. The van der Waals surface area contributed by atoms with Crippen molar-refractivity contribution in [3.63, 3.8) is 0 Å². The Balaban J connectivity index is 1.60. The van der Waals surface area contributed by atoms with E-state index in [9.17, 15) is 18.0 Å². The number of rotatable bonds is 3. The Morgan fingerprint density at radius 3 is 2.83 bits per heavy atom. The van der Waals surface area contributed by atoms with Crippen molar-refractivity contribution in [3.8, 4) is 0 Å². The van der Waals surface area contributed by atoms with Gasteiger partial charge in [-0.3, -0.25) is 14.6 Å². The SMILES string of the molecule is O=C(CN1CCN2CCCC2C1)Nc1cc(C(F)(F)F)ccc1Cl. The van der Waals surface area contributed by atoms with Gasteiger partial charge in [0.1, 0.15) is 0 Å². The van der Waals surface area contributed by atoms with Crippen LogP contribution in [0.5, 0.6) is 0 Å². The summed E-state index contributed by atoms with van der Waals surface area (Å²) in [4.78, 5) is 16.7. The summed E-state index contributed by atoms with van der Waals surface area (Å²) in [5, 5.41) is 2.60. The molecule has 0 bridgehead atoms. The average molecular weight is 362 g/mol. The van der Waals surface area contributed by atoms with E-state index in [2.05, 4.69) is 10.2 Å². The first-order valence-corrected chi connectivity index (χ1v) is 8.34. The van der Waals surface area contributed by atoms with Gasteiger partial charge in [0.05, 0.1) is 22.8 Å². The highest BCUT2D eigenvalue weighted by Crippen LogP contribution is 2.33. The van der Waals surface area contributed by atoms with Gasteiger partial charge in [-0.15, -0.1) is 0 Å². The molecule has 1 N–H and O–H groups in total. The minimum absolute atomic E-state index is 0.00371. The summed E-state index contributed by atoms with van der Waals surface area (Å²) in [5.41, 5.74) is -0.835. The van der Waals surface area contributed by atoms with Crippen molar-refractivity contribution in [2.75, 3.05) is 38.0 Å². The van der Waals surface area contributed by atoms with Crippen LogP contribution in [0.2, 0.25) is 5.02 Å². The highest BCUT2D eigenvalue weighted by atomic mass is 35.5. The molecule has 2 saturated heterocycles. The van der Waals surface area contributed by atoms with Gasteiger partial charge in [-0.25, -0.2) is 0 Å². The smallest absolute Gasteiger partial charge is 0.324 e. The Morgan fingerprint density at radius 2 is 2.08 bits per heavy atom. The summed E-state index contributed by atoms with van der Waals surface area (Å²) in [6.45, 7) is 3.83. The van der Waals surface area contributed by atoms with E-state index in [0.29, 0.717) is 6.04 Å². The zero-order valence-electron chi connectivity index (χ0n) is 13.1. The fraction of sp³-hybridized carbons (Fsp3) is 0.562. The fourth-order valence-corrected chi connectivity index (χ4v) is 3.55. The van der Waals surface area contributed by atoms with Crippen LogP contribution >= 0.6 is 11.6 Å². The van der Waals surface area contributed by atoms with Crippen molar-refractivity contribution >= 4 is 23.2 Å². The van der Waals surface area contributed by atoms with E-state index in [1.165, 1.54) is 6.42 Å². The van der Waals surface area contributed by atoms with Crippen molar-refractivity contribution in [3.05, 3.63) is 28.8 Å². The molecular weight excluding hydrogens is 343 g/mol.